The summed E-state index contributed by atoms with van der Waals surface area (Å²) in [5.74, 6) is -0.0291. The highest BCUT2D eigenvalue weighted by Crippen LogP contribution is 2.37. The van der Waals surface area contributed by atoms with Crippen LogP contribution in [-0.2, 0) is 6.54 Å². The number of aromatic nitrogens is 1. The highest BCUT2D eigenvalue weighted by atomic mass is 35.5. The van der Waals surface area contributed by atoms with Crippen LogP contribution in [0.1, 0.15) is 34.9 Å². The lowest BCUT2D eigenvalue weighted by atomic mass is 10.2. The van der Waals surface area contributed by atoms with Crippen molar-refractivity contribution in [2.75, 3.05) is 12.8 Å². The molecular weight excluding hydrogens is 286 g/mol. The van der Waals surface area contributed by atoms with E-state index >= 15 is 0 Å². The Kier molecular flexibility index (Phi) is 3.64. The van der Waals surface area contributed by atoms with Crippen LogP contribution in [0.15, 0.2) is 36.5 Å². The Morgan fingerprint density at radius 3 is 2.81 bits per heavy atom. The minimum Gasteiger partial charge on any atom is -0.397 e. The van der Waals surface area contributed by atoms with Crippen LogP contribution in [-0.4, -0.2) is 22.4 Å². The Hall–Kier alpha value is -1.94. The Labute approximate surface area is 129 Å². The minimum atomic E-state index is -0.0291. The van der Waals surface area contributed by atoms with Gasteiger partial charge >= 0.3 is 0 Å². The number of anilines is 1. The number of amides is 1. The van der Waals surface area contributed by atoms with E-state index in [4.69, 9.17) is 17.3 Å². The number of hydrogen-bond donors (Lipinski definition) is 1. The van der Waals surface area contributed by atoms with Crippen molar-refractivity contribution in [3.8, 4) is 0 Å². The van der Waals surface area contributed by atoms with Crippen molar-refractivity contribution in [3.63, 3.8) is 0 Å². The van der Waals surface area contributed by atoms with E-state index in [2.05, 4.69) is 0 Å². The topological polar surface area (TPSA) is 51.3 Å². The molecule has 2 aromatic rings. The number of nitrogens with zero attached hydrogens (tertiary/aromatic N) is 2. The first kappa shape index (κ1) is 14.0. The van der Waals surface area contributed by atoms with Gasteiger partial charge in [0.2, 0.25) is 0 Å². The summed E-state index contributed by atoms with van der Waals surface area (Å²) in [6.45, 7) is 0.480. The molecule has 0 radical (unpaired) electrons. The third-order valence-corrected chi connectivity index (χ3v) is 4.11. The van der Waals surface area contributed by atoms with Crippen molar-refractivity contribution in [2.45, 2.75) is 25.4 Å². The first-order valence-corrected chi connectivity index (χ1v) is 7.40. The number of benzene rings is 1. The third-order valence-electron chi connectivity index (χ3n) is 3.74. The first-order valence-electron chi connectivity index (χ1n) is 7.02. The molecule has 1 amide bonds. The maximum atomic E-state index is 12.6. The van der Waals surface area contributed by atoms with Crippen LogP contribution in [0.25, 0.3) is 0 Å². The van der Waals surface area contributed by atoms with E-state index in [9.17, 15) is 4.79 Å². The quantitative estimate of drug-likeness (QED) is 0.942. The lowest BCUT2D eigenvalue weighted by molar-refractivity contribution is 0.0774. The van der Waals surface area contributed by atoms with Crippen LogP contribution in [0.2, 0.25) is 5.02 Å². The smallest absolute Gasteiger partial charge is 0.270 e. The van der Waals surface area contributed by atoms with E-state index in [1.807, 2.05) is 35.0 Å². The summed E-state index contributed by atoms with van der Waals surface area (Å²) in [6, 6.07) is 9.75. The zero-order valence-electron chi connectivity index (χ0n) is 11.9. The molecule has 1 fully saturated rings. The molecule has 0 saturated heterocycles. The predicted octanol–water partition coefficient (Wildman–Crippen LogP) is 3.33. The fourth-order valence-corrected chi connectivity index (χ4v) is 2.67. The second-order valence-electron chi connectivity index (χ2n) is 5.55. The van der Waals surface area contributed by atoms with Crippen LogP contribution in [0.3, 0.4) is 0 Å². The Morgan fingerprint density at radius 2 is 2.14 bits per heavy atom. The maximum Gasteiger partial charge on any atom is 0.270 e. The molecule has 21 heavy (non-hydrogen) atoms. The van der Waals surface area contributed by atoms with E-state index in [0.29, 0.717) is 29.0 Å². The zero-order valence-corrected chi connectivity index (χ0v) is 12.7. The van der Waals surface area contributed by atoms with Crippen molar-refractivity contribution in [3.05, 3.63) is 52.8 Å². The van der Waals surface area contributed by atoms with Crippen LogP contribution >= 0.6 is 11.6 Å². The molecule has 0 unspecified atom stereocenters. The van der Waals surface area contributed by atoms with Crippen LogP contribution in [0.4, 0.5) is 5.69 Å². The number of nitrogen functional groups attached to an aromatic ring is 1. The van der Waals surface area contributed by atoms with Crippen LogP contribution in [0, 0.1) is 0 Å². The Balaban J connectivity index is 1.80. The third kappa shape index (κ3) is 2.90. The van der Waals surface area contributed by atoms with Crippen LogP contribution in [0.5, 0.6) is 0 Å². The summed E-state index contributed by atoms with van der Waals surface area (Å²) in [5, 5.41) is 0.675. The predicted molar refractivity (Wildman–Crippen MR) is 84.4 cm³/mol. The Bertz CT molecular complexity index is 676. The van der Waals surface area contributed by atoms with Crippen molar-refractivity contribution < 1.29 is 4.79 Å². The minimum absolute atomic E-state index is 0.0291. The molecule has 0 bridgehead atoms. The second-order valence-corrected chi connectivity index (χ2v) is 5.96. The lowest BCUT2D eigenvalue weighted by Crippen LogP contribution is -2.28. The van der Waals surface area contributed by atoms with Crippen LogP contribution < -0.4 is 5.73 Å². The standard InChI is InChI=1S/C16H18ClN3O/c1-19(9-11-4-2-3-5-14(11)17)16(21)15-8-12(18)10-20(15)13-6-7-13/h2-5,8,10,13H,6-7,9,18H2,1H3. The van der Waals surface area contributed by atoms with Crippen molar-refractivity contribution in [2.24, 2.45) is 0 Å². The molecule has 4 nitrogen and oxygen atoms in total. The molecule has 1 saturated carbocycles. The van der Waals surface area contributed by atoms with Gasteiger partial charge in [0.15, 0.2) is 0 Å². The maximum absolute atomic E-state index is 12.6. The van der Waals surface area contributed by atoms with Gasteiger partial charge in [-0.3, -0.25) is 4.79 Å². The van der Waals surface area contributed by atoms with Gasteiger partial charge in [0, 0.05) is 30.9 Å². The molecule has 5 heteroatoms. The highest BCUT2D eigenvalue weighted by molar-refractivity contribution is 6.31. The molecule has 110 valence electrons. The number of rotatable bonds is 4. The van der Waals surface area contributed by atoms with Gasteiger partial charge in [-0.2, -0.15) is 0 Å². The van der Waals surface area contributed by atoms with E-state index < -0.39 is 0 Å². The molecule has 1 aromatic carbocycles. The number of carbonyl (C=O) groups excluding carboxylic acids is 1. The molecular formula is C16H18ClN3O. The molecule has 2 N–H and O–H groups in total. The molecule has 3 rings (SSSR count). The molecule has 0 atom stereocenters. The summed E-state index contributed by atoms with van der Waals surface area (Å²) in [4.78, 5) is 14.3. The molecule has 0 aliphatic heterocycles. The fourth-order valence-electron chi connectivity index (χ4n) is 2.48. The van der Waals surface area contributed by atoms with Gasteiger partial charge < -0.3 is 15.2 Å². The lowest BCUT2D eigenvalue weighted by Gasteiger charge is -2.19. The Morgan fingerprint density at radius 1 is 1.43 bits per heavy atom. The number of carbonyl (C=O) groups is 1. The van der Waals surface area contributed by atoms with E-state index in [1.54, 1.807) is 18.0 Å². The SMILES string of the molecule is CN(Cc1ccccc1Cl)C(=O)c1cc(N)cn1C1CC1. The highest BCUT2D eigenvalue weighted by Gasteiger charge is 2.28. The van der Waals surface area contributed by atoms with E-state index in [0.717, 1.165) is 18.4 Å². The van der Waals surface area contributed by atoms with Gasteiger partial charge in [-0.25, -0.2) is 0 Å². The van der Waals surface area contributed by atoms with Gasteiger partial charge in [0.25, 0.3) is 5.91 Å². The van der Waals surface area contributed by atoms with Gasteiger partial charge in [-0.1, -0.05) is 29.8 Å². The van der Waals surface area contributed by atoms with Gasteiger partial charge in [-0.15, -0.1) is 0 Å². The monoisotopic (exact) mass is 303 g/mol. The van der Waals surface area contributed by atoms with Gasteiger partial charge in [0.05, 0.1) is 5.69 Å². The summed E-state index contributed by atoms with van der Waals surface area (Å²) < 4.78 is 2.00. The fraction of sp³-hybridized carbons (Fsp3) is 0.312. The van der Waals surface area contributed by atoms with E-state index in [-0.39, 0.29) is 5.91 Å². The molecule has 1 aliphatic rings. The van der Waals surface area contributed by atoms with Crippen molar-refractivity contribution >= 4 is 23.2 Å². The van der Waals surface area contributed by atoms with Gasteiger partial charge in [-0.05, 0) is 30.5 Å². The van der Waals surface area contributed by atoms with E-state index in [1.165, 1.54) is 0 Å². The molecule has 1 aliphatic carbocycles. The number of halogens is 1. The average Bonchev–Trinajstić information content (AvgIpc) is 3.23. The number of nitrogens with two attached hydrogens (primary N) is 1. The second kappa shape index (κ2) is 5.45. The molecule has 1 aromatic heterocycles. The summed E-state index contributed by atoms with van der Waals surface area (Å²) in [6.07, 6.45) is 4.08. The first-order chi connectivity index (χ1) is 10.1. The summed E-state index contributed by atoms with van der Waals surface area (Å²) in [7, 11) is 1.78. The normalized spacial score (nSPS) is 14.2. The molecule has 1 heterocycles. The van der Waals surface area contributed by atoms with Crippen molar-refractivity contribution in [1.29, 1.82) is 0 Å². The average molecular weight is 304 g/mol. The van der Waals surface area contributed by atoms with Crippen molar-refractivity contribution in [1.82, 2.24) is 9.47 Å². The number of hydrogen-bond acceptors (Lipinski definition) is 2. The molecule has 0 spiro atoms. The summed E-state index contributed by atoms with van der Waals surface area (Å²) in [5.41, 5.74) is 8.08. The summed E-state index contributed by atoms with van der Waals surface area (Å²) >= 11 is 6.15. The zero-order chi connectivity index (χ0) is 15.0. The largest absolute Gasteiger partial charge is 0.397 e. The van der Waals surface area contributed by atoms with Gasteiger partial charge in [0.1, 0.15) is 5.69 Å².